The molecule has 0 aliphatic carbocycles. The lowest BCUT2D eigenvalue weighted by molar-refractivity contribution is -0.116. The fourth-order valence-corrected chi connectivity index (χ4v) is 1.82. The number of rotatable bonds is 5. The molecule has 5 nitrogen and oxygen atoms in total. The van der Waals surface area contributed by atoms with Crippen molar-refractivity contribution in [3.8, 4) is 0 Å². The summed E-state index contributed by atoms with van der Waals surface area (Å²) >= 11 is 0. The Morgan fingerprint density at radius 1 is 1.14 bits per heavy atom. The van der Waals surface area contributed by atoms with Crippen molar-refractivity contribution >= 4 is 17.6 Å². The number of aryl methyl sites for hydroxylation is 1. The molecule has 0 radical (unpaired) electrons. The van der Waals surface area contributed by atoms with Gasteiger partial charge in [-0.25, -0.2) is 9.78 Å². The number of benzene rings is 1. The fraction of sp³-hybridized carbons (Fsp3) is 0.188. The topological polar surface area (TPSA) is 68.3 Å². The van der Waals surface area contributed by atoms with E-state index < -0.39 is 5.97 Å². The van der Waals surface area contributed by atoms with Crippen LogP contribution >= 0.6 is 0 Å². The summed E-state index contributed by atoms with van der Waals surface area (Å²) in [4.78, 5) is 27.0. The number of amides is 1. The normalized spacial score (nSPS) is 9.95. The molecule has 0 bridgehead atoms. The van der Waals surface area contributed by atoms with E-state index in [1.165, 1.54) is 19.4 Å². The second-order valence-electron chi connectivity index (χ2n) is 4.46. The highest BCUT2D eigenvalue weighted by molar-refractivity contribution is 5.91. The third-order valence-corrected chi connectivity index (χ3v) is 2.93. The van der Waals surface area contributed by atoms with Crippen molar-refractivity contribution < 1.29 is 14.3 Å². The highest BCUT2D eigenvalue weighted by atomic mass is 16.5. The molecule has 21 heavy (non-hydrogen) atoms. The number of ether oxygens (including phenoxy) is 1. The van der Waals surface area contributed by atoms with Crippen LogP contribution in [0.25, 0.3) is 0 Å². The van der Waals surface area contributed by atoms with Gasteiger partial charge in [0, 0.05) is 6.42 Å². The van der Waals surface area contributed by atoms with Crippen LogP contribution in [0.1, 0.15) is 22.5 Å². The van der Waals surface area contributed by atoms with E-state index in [4.69, 9.17) is 0 Å². The van der Waals surface area contributed by atoms with E-state index in [0.29, 0.717) is 18.5 Å². The van der Waals surface area contributed by atoms with Gasteiger partial charge in [-0.3, -0.25) is 4.79 Å². The number of hydrogen-bond donors (Lipinski definition) is 1. The fourth-order valence-electron chi connectivity index (χ4n) is 1.82. The second-order valence-corrected chi connectivity index (χ2v) is 4.46. The molecule has 2 aromatic rings. The van der Waals surface area contributed by atoms with Gasteiger partial charge in [-0.05, 0) is 24.1 Å². The Kier molecular flexibility index (Phi) is 5.04. The Labute approximate surface area is 123 Å². The van der Waals surface area contributed by atoms with Crippen LogP contribution in [0.4, 0.5) is 5.69 Å². The third-order valence-electron chi connectivity index (χ3n) is 2.93. The van der Waals surface area contributed by atoms with Gasteiger partial charge in [-0.1, -0.05) is 30.3 Å². The first-order chi connectivity index (χ1) is 10.2. The first-order valence-electron chi connectivity index (χ1n) is 6.57. The second kappa shape index (κ2) is 7.19. The van der Waals surface area contributed by atoms with Gasteiger partial charge in [0.05, 0.1) is 19.0 Å². The van der Waals surface area contributed by atoms with Crippen molar-refractivity contribution in [1.82, 2.24) is 4.98 Å². The quantitative estimate of drug-likeness (QED) is 0.856. The molecule has 1 N–H and O–H groups in total. The van der Waals surface area contributed by atoms with Gasteiger partial charge < -0.3 is 10.1 Å². The summed E-state index contributed by atoms with van der Waals surface area (Å²) in [7, 11) is 1.29. The molecule has 5 heteroatoms. The Morgan fingerprint density at radius 2 is 1.90 bits per heavy atom. The smallest absolute Gasteiger partial charge is 0.356 e. The first-order valence-corrected chi connectivity index (χ1v) is 6.57. The summed E-state index contributed by atoms with van der Waals surface area (Å²) in [6.45, 7) is 0. The zero-order valence-electron chi connectivity index (χ0n) is 11.7. The van der Waals surface area contributed by atoms with Crippen molar-refractivity contribution in [2.24, 2.45) is 0 Å². The Balaban J connectivity index is 1.86. The number of hydrogen-bond acceptors (Lipinski definition) is 4. The molecule has 0 unspecified atom stereocenters. The molecule has 0 aliphatic rings. The van der Waals surface area contributed by atoms with E-state index in [-0.39, 0.29) is 11.6 Å². The summed E-state index contributed by atoms with van der Waals surface area (Å²) in [6.07, 6.45) is 2.51. The van der Waals surface area contributed by atoms with Gasteiger partial charge in [0.1, 0.15) is 5.69 Å². The van der Waals surface area contributed by atoms with Gasteiger partial charge in [0.25, 0.3) is 0 Å². The lowest BCUT2D eigenvalue weighted by atomic mass is 10.1. The van der Waals surface area contributed by atoms with Gasteiger partial charge in [0.2, 0.25) is 5.91 Å². The third kappa shape index (κ3) is 4.42. The maximum Gasteiger partial charge on any atom is 0.356 e. The van der Waals surface area contributed by atoms with Crippen molar-refractivity contribution in [2.45, 2.75) is 12.8 Å². The van der Waals surface area contributed by atoms with Crippen LogP contribution in [0.2, 0.25) is 0 Å². The van der Waals surface area contributed by atoms with E-state index in [1.807, 2.05) is 30.3 Å². The van der Waals surface area contributed by atoms with Crippen LogP contribution in [-0.2, 0) is 16.0 Å². The number of aromatic nitrogens is 1. The summed E-state index contributed by atoms with van der Waals surface area (Å²) < 4.78 is 4.56. The van der Waals surface area contributed by atoms with E-state index in [0.717, 1.165) is 5.56 Å². The maximum absolute atomic E-state index is 11.8. The zero-order valence-corrected chi connectivity index (χ0v) is 11.7. The lowest BCUT2D eigenvalue weighted by Gasteiger charge is -2.05. The van der Waals surface area contributed by atoms with Crippen LogP contribution in [0, 0.1) is 0 Å². The first kappa shape index (κ1) is 14.7. The average Bonchev–Trinajstić information content (AvgIpc) is 2.54. The number of methoxy groups -OCH3 is 1. The van der Waals surface area contributed by atoms with Crippen LogP contribution in [0.3, 0.4) is 0 Å². The summed E-state index contributed by atoms with van der Waals surface area (Å²) in [6, 6.07) is 12.9. The molecule has 0 saturated carbocycles. The van der Waals surface area contributed by atoms with Crippen molar-refractivity contribution in [3.63, 3.8) is 0 Å². The Morgan fingerprint density at radius 3 is 2.52 bits per heavy atom. The highest BCUT2D eigenvalue weighted by Crippen LogP contribution is 2.09. The monoisotopic (exact) mass is 284 g/mol. The van der Waals surface area contributed by atoms with Crippen molar-refractivity contribution in [2.75, 3.05) is 12.4 Å². The molecule has 0 fully saturated rings. The number of carbonyl (C=O) groups is 2. The molecule has 0 atom stereocenters. The van der Waals surface area contributed by atoms with Gasteiger partial charge >= 0.3 is 5.97 Å². The Bertz CT molecular complexity index is 609. The minimum absolute atomic E-state index is 0.0912. The molecule has 1 heterocycles. The minimum atomic E-state index is -0.503. The van der Waals surface area contributed by atoms with Crippen LogP contribution < -0.4 is 5.32 Å². The molecule has 1 amide bonds. The summed E-state index contributed by atoms with van der Waals surface area (Å²) in [5.74, 6) is -0.594. The number of esters is 1. The molecular formula is C16H16N2O3. The largest absolute Gasteiger partial charge is 0.464 e. The van der Waals surface area contributed by atoms with E-state index >= 15 is 0 Å². The van der Waals surface area contributed by atoms with Crippen LogP contribution in [0.5, 0.6) is 0 Å². The SMILES string of the molecule is COC(=O)c1ccc(NC(=O)CCc2ccccc2)cn1. The predicted octanol–water partition coefficient (Wildman–Crippen LogP) is 2.44. The molecule has 1 aromatic carbocycles. The molecule has 0 aliphatic heterocycles. The zero-order chi connectivity index (χ0) is 15.1. The summed E-state index contributed by atoms with van der Waals surface area (Å²) in [5.41, 5.74) is 1.88. The van der Waals surface area contributed by atoms with Crippen LogP contribution in [-0.4, -0.2) is 24.0 Å². The van der Waals surface area contributed by atoms with Crippen molar-refractivity contribution in [1.29, 1.82) is 0 Å². The minimum Gasteiger partial charge on any atom is -0.464 e. The average molecular weight is 284 g/mol. The molecule has 108 valence electrons. The summed E-state index contributed by atoms with van der Waals surface area (Å²) in [5, 5.41) is 2.74. The standard InChI is InChI=1S/C16H16N2O3/c1-21-16(20)14-9-8-13(11-17-14)18-15(19)10-7-12-5-3-2-4-6-12/h2-6,8-9,11H,7,10H2,1H3,(H,18,19). The predicted molar refractivity (Wildman–Crippen MR) is 79.0 cm³/mol. The number of anilines is 1. The Hall–Kier alpha value is -2.69. The molecule has 0 spiro atoms. The van der Waals surface area contributed by atoms with E-state index in [2.05, 4.69) is 15.0 Å². The van der Waals surface area contributed by atoms with Crippen LogP contribution in [0.15, 0.2) is 48.7 Å². The maximum atomic E-state index is 11.8. The van der Waals surface area contributed by atoms with Gasteiger partial charge in [-0.15, -0.1) is 0 Å². The van der Waals surface area contributed by atoms with E-state index in [1.54, 1.807) is 6.07 Å². The molecule has 1 aromatic heterocycles. The number of nitrogens with zero attached hydrogens (tertiary/aromatic N) is 1. The number of carbonyl (C=O) groups excluding carboxylic acids is 2. The van der Waals surface area contributed by atoms with Crippen molar-refractivity contribution in [3.05, 3.63) is 59.9 Å². The van der Waals surface area contributed by atoms with Gasteiger partial charge in [0.15, 0.2) is 0 Å². The lowest BCUT2D eigenvalue weighted by Crippen LogP contribution is -2.13. The molecule has 0 saturated heterocycles. The number of nitrogens with one attached hydrogen (secondary N) is 1. The highest BCUT2D eigenvalue weighted by Gasteiger charge is 2.08. The number of pyridine rings is 1. The molecular weight excluding hydrogens is 268 g/mol. The van der Waals surface area contributed by atoms with E-state index in [9.17, 15) is 9.59 Å². The van der Waals surface area contributed by atoms with Gasteiger partial charge in [-0.2, -0.15) is 0 Å². The molecule has 2 rings (SSSR count).